The Bertz CT molecular complexity index is 741. The molecule has 0 amide bonds. The van der Waals surface area contributed by atoms with Crippen molar-refractivity contribution in [3.63, 3.8) is 0 Å². The highest BCUT2D eigenvalue weighted by molar-refractivity contribution is 9.10. The Labute approximate surface area is 183 Å². The highest BCUT2D eigenvalue weighted by Gasteiger charge is 2.25. The van der Waals surface area contributed by atoms with Crippen LogP contribution in [0.15, 0.2) is 46.9 Å². The van der Waals surface area contributed by atoms with Crippen molar-refractivity contribution in [2.75, 3.05) is 0 Å². The molecular weight excluding hydrogens is 445 g/mol. The smallest absolute Gasteiger partial charge is 0.124 e. The molecule has 2 aromatic carbocycles. The lowest BCUT2D eigenvalue weighted by atomic mass is 9.82. The van der Waals surface area contributed by atoms with E-state index in [2.05, 4.69) is 61.9 Å². The van der Waals surface area contributed by atoms with Crippen LogP contribution in [-0.2, 0) is 13.2 Å². The molecule has 1 N–H and O–H groups in total. The van der Waals surface area contributed by atoms with E-state index in [1.54, 1.807) is 0 Å². The van der Waals surface area contributed by atoms with E-state index in [-0.39, 0.29) is 23.4 Å². The van der Waals surface area contributed by atoms with Crippen LogP contribution in [-0.4, -0.2) is 5.54 Å². The van der Waals surface area contributed by atoms with Crippen LogP contribution in [0.5, 0.6) is 5.75 Å². The molecule has 0 unspecified atom stereocenters. The van der Waals surface area contributed by atoms with E-state index in [1.807, 2.05) is 36.4 Å². The maximum atomic E-state index is 6.24. The minimum atomic E-state index is 0. The minimum Gasteiger partial charge on any atom is -0.489 e. The summed E-state index contributed by atoms with van der Waals surface area (Å²) in [7, 11) is 0. The zero-order valence-corrected chi connectivity index (χ0v) is 19.9. The number of nitrogens with one attached hydrogen (secondary N) is 1. The largest absolute Gasteiger partial charge is 0.489 e. The Kier molecular flexibility index (Phi) is 9.14. The molecule has 0 radical (unpaired) electrons. The van der Waals surface area contributed by atoms with Gasteiger partial charge in [0, 0.05) is 32.7 Å². The van der Waals surface area contributed by atoms with Crippen molar-refractivity contribution in [1.82, 2.24) is 5.32 Å². The van der Waals surface area contributed by atoms with Crippen molar-refractivity contribution in [3.05, 3.63) is 63.1 Å². The Morgan fingerprint density at radius 2 is 1.67 bits per heavy atom. The average molecular weight is 475 g/mol. The molecule has 150 valence electrons. The average Bonchev–Trinajstić information content (AvgIpc) is 2.51. The third-order valence-electron chi connectivity index (χ3n) is 4.09. The third kappa shape index (κ3) is 8.43. The molecule has 0 saturated carbocycles. The highest BCUT2D eigenvalue weighted by atomic mass is 79.9. The van der Waals surface area contributed by atoms with Gasteiger partial charge >= 0.3 is 0 Å². The van der Waals surface area contributed by atoms with E-state index in [0.717, 1.165) is 39.3 Å². The highest BCUT2D eigenvalue weighted by Crippen LogP contribution is 2.29. The number of hydrogen-bond donors (Lipinski definition) is 1. The summed E-state index contributed by atoms with van der Waals surface area (Å²) in [5.74, 6) is 0.882. The molecule has 2 rings (SSSR count). The van der Waals surface area contributed by atoms with Gasteiger partial charge in [-0.1, -0.05) is 66.5 Å². The number of benzene rings is 2. The van der Waals surface area contributed by atoms with Gasteiger partial charge in [-0.05, 0) is 49.9 Å². The second-order valence-corrected chi connectivity index (χ2v) is 9.93. The van der Waals surface area contributed by atoms with Crippen LogP contribution < -0.4 is 10.1 Å². The number of hydrogen-bond acceptors (Lipinski definition) is 2. The zero-order chi connectivity index (χ0) is 19.4. The summed E-state index contributed by atoms with van der Waals surface area (Å²) >= 11 is 9.81. The predicted molar refractivity (Wildman–Crippen MR) is 122 cm³/mol. The molecule has 0 saturated heterocycles. The van der Waals surface area contributed by atoms with Gasteiger partial charge in [0.2, 0.25) is 0 Å². The summed E-state index contributed by atoms with van der Waals surface area (Å²) in [4.78, 5) is 0. The number of halogens is 3. The van der Waals surface area contributed by atoms with Crippen LogP contribution in [0.3, 0.4) is 0 Å². The molecule has 0 aliphatic carbocycles. The van der Waals surface area contributed by atoms with E-state index >= 15 is 0 Å². The molecule has 0 bridgehead atoms. The van der Waals surface area contributed by atoms with Gasteiger partial charge in [-0.2, -0.15) is 0 Å². The molecular formula is C22H30BrCl2NO. The molecule has 2 aromatic rings. The van der Waals surface area contributed by atoms with E-state index in [9.17, 15) is 0 Å². The maximum Gasteiger partial charge on any atom is 0.124 e. The van der Waals surface area contributed by atoms with Gasteiger partial charge in [-0.15, -0.1) is 12.4 Å². The van der Waals surface area contributed by atoms with Crippen LogP contribution in [0.2, 0.25) is 5.02 Å². The van der Waals surface area contributed by atoms with Crippen molar-refractivity contribution in [2.24, 2.45) is 5.41 Å². The molecule has 0 fully saturated rings. The Morgan fingerprint density at radius 3 is 2.30 bits per heavy atom. The van der Waals surface area contributed by atoms with E-state index in [4.69, 9.17) is 16.3 Å². The summed E-state index contributed by atoms with van der Waals surface area (Å²) < 4.78 is 7.13. The second kappa shape index (κ2) is 10.2. The fourth-order valence-electron chi connectivity index (χ4n) is 3.32. The monoisotopic (exact) mass is 473 g/mol. The fourth-order valence-corrected chi connectivity index (χ4v) is 3.92. The first-order valence-corrected chi connectivity index (χ1v) is 10.1. The normalized spacial score (nSPS) is 11.8. The molecule has 0 atom stereocenters. The van der Waals surface area contributed by atoms with Crippen LogP contribution in [0.4, 0.5) is 0 Å². The number of ether oxygens (including phenoxy) is 1. The molecule has 2 nitrogen and oxygen atoms in total. The summed E-state index contributed by atoms with van der Waals surface area (Å²) in [5, 5.41) is 4.41. The quantitative estimate of drug-likeness (QED) is 0.451. The summed E-state index contributed by atoms with van der Waals surface area (Å²) in [5.41, 5.74) is 2.44. The molecule has 0 aromatic heterocycles. The van der Waals surface area contributed by atoms with Gasteiger partial charge in [0.15, 0.2) is 0 Å². The SMILES string of the molecule is CC(C)(C)CC(C)(C)NCc1cc(Br)ccc1OCc1ccccc1Cl.Cl. The lowest BCUT2D eigenvalue weighted by Crippen LogP contribution is -2.41. The maximum absolute atomic E-state index is 6.24. The van der Waals surface area contributed by atoms with Crippen LogP contribution >= 0.6 is 39.9 Å². The first-order chi connectivity index (χ1) is 12.1. The lowest BCUT2D eigenvalue weighted by molar-refractivity contribution is 0.238. The number of rotatable bonds is 7. The fraction of sp³-hybridized carbons (Fsp3) is 0.455. The molecule has 0 aliphatic rings. The molecule has 27 heavy (non-hydrogen) atoms. The van der Waals surface area contributed by atoms with Gasteiger partial charge in [0.25, 0.3) is 0 Å². The van der Waals surface area contributed by atoms with Gasteiger partial charge in [-0.25, -0.2) is 0 Å². The molecule has 0 heterocycles. The van der Waals surface area contributed by atoms with Gasteiger partial charge in [0.1, 0.15) is 12.4 Å². The van der Waals surface area contributed by atoms with Crippen molar-refractivity contribution in [1.29, 1.82) is 0 Å². The van der Waals surface area contributed by atoms with E-state index < -0.39 is 0 Å². The predicted octanol–water partition coefficient (Wildman–Crippen LogP) is 7.41. The van der Waals surface area contributed by atoms with Crippen molar-refractivity contribution < 1.29 is 4.74 Å². The minimum absolute atomic E-state index is 0. The summed E-state index contributed by atoms with van der Waals surface area (Å²) in [6.45, 7) is 12.5. The van der Waals surface area contributed by atoms with Gasteiger partial charge < -0.3 is 10.1 Å². The Balaban J connectivity index is 0.00000364. The van der Waals surface area contributed by atoms with E-state index in [1.165, 1.54) is 0 Å². The standard InChI is InChI=1S/C22H29BrClNO.ClH/c1-21(2,3)15-22(4,5)25-13-17-12-18(23)10-11-20(17)26-14-16-8-6-7-9-19(16)24;/h6-12,25H,13-15H2,1-5H3;1H. The van der Waals surface area contributed by atoms with E-state index in [0.29, 0.717) is 6.61 Å². The molecule has 0 spiro atoms. The van der Waals surface area contributed by atoms with Crippen LogP contribution in [0, 0.1) is 5.41 Å². The lowest BCUT2D eigenvalue weighted by Gasteiger charge is -2.33. The Morgan fingerprint density at radius 1 is 1.00 bits per heavy atom. The first-order valence-electron chi connectivity index (χ1n) is 8.95. The zero-order valence-electron chi connectivity index (χ0n) is 16.7. The molecule has 5 heteroatoms. The topological polar surface area (TPSA) is 21.3 Å². The van der Waals surface area contributed by atoms with Crippen molar-refractivity contribution in [2.45, 2.75) is 59.7 Å². The van der Waals surface area contributed by atoms with Crippen molar-refractivity contribution in [3.8, 4) is 5.75 Å². The summed E-state index contributed by atoms with van der Waals surface area (Å²) in [6, 6.07) is 13.9. The second-order valence-electron chi connectivity index (χ2n) is 8.61. The van der Waals surface area contributed by atoms with Gasteiger partial charge in [-0.3, -0.25) is 0 Å². The van der Waals surface area contributed by atoms with Crippen LogP contribution in [0.1, 0.15) is 52.2 Å². The first kappa shape index (κ1) is 24.3. The Hall–Kier alpha value is -0.740. The van der Waals surface area contributed by atoms with Gasteiger partial charge in [0.05, 0.1) is 0 Å². The van der Waals surface area contributed by atoms with Crippen LogP contribution in [0.25, 0.3) is 0 Å². The molecule has 0 aliphatic heterocycles. The van der Waals surface area contributed by atoms with Crippen molar-refractivity contribution >= 4 is 39.9 Å². The third-order valence-corrected chi connectivity index (χ3v) is 4.96. The summed E-state index contributed by atoms with van der Waals surface area (Å²) in [6.07, 6.45) is 1.09.